The third-order valence-electron chi connectivity index (χ3n) is 6.87. The van der Waals surface area contributed by atoms with E-state index in [1.807, 2.05) is 18.2 Å². The van der Waals surface area contributed by atoms with E-state index in [1.165, 1.54) is 11.1 Å². The fourth-order valence-electron chi connectivity index (χ4n) is 4.76. The molecule has 2 N–H and O–H groups in total. The van der Waals surface area contributed by atoms with Gasteiger partial charge in [-0.3, -0.25) is 0 Å². The fourth-order valence-corrected chi connectivity index (χ4v) is 4.76. The van der Waals surface area contributed by atoms with Crippen LogP contribution in [-0.4, -0.2) is 54.6 Å². The van der Waals surface area contributed by atoms with Crippen LogP contribution in [0.25, 0.3) is 0 Å². The van der Waals surface area contributed by atoms with Crippen molar-refractivity contribution < 1.29 is 24.4 Å². The molecule has 0 aromatic heterocycles. The van der Waals surface area contributed by atoms with Crippen molar-refractivity contribution in [3.05, 3.63) is 52.6 Å². The highest BCUT2D eigenvalue weighted by molar-refractivity contribution is 5.45. The molecule has 0 amide bonds. The lowest BCUT2D eigenvalue weighted by atomic mass is 9.81. The largest absolute Gasteiger partial charge is 0.493 e. The minimum Gasteiger partial charge on any atom is -0.493 e. The molecule has 2 atom stereocenters. The fraction of sp³-hybridized carbons (Fsp3) is 0.520. The van der Waals surface area contributed by atoms with Crippen LogP contribution in [0.1, 0.15) is 53.7 Å². The number of piperidine rings is 1. The van der Waals surface area contributed by atoms with Gasteiger partial charge >= 0.3 is 0 Å². The first-order chi connectivity index (χ1) is 14.8. The Bertz CT molecular complexity index is 936. The van der Waals surface area contributed by atoms with Gasteiger partial charge in [0.25, 0.3) is 0 Å². The number of nitrogens with zero attached hydrogens (tertiary/aromatic N) is 1. The van der Waals surface area contributed by atoms with E-state index in [-0.39, 0.29) is 5.60 Å². The van der Waals surface area contributed by atoms with Crippen molar-refractivity contribution in [1.82, 2.24) is 4.90 Å². The van der Waals surface area contributed by atoms with E-state index in [2.05, 4.69) is 30.9 Å². The van der Waals surface area contributed by atoms with Gasteiger partial charge in [0.15, 0.2) is 11.5 Å². The summed E-state index contributed by atoms with van der Waals surface area (Å²) in [6.07, 6.45) is 1.17. The summed E-state index contributed by atoms with van der Waals surface area (Å²) in [5.74, 6) is 2.09. The van der Waals surface area contributed by atoms with E-state index in [0.29, 0.717) is 24.5 Å². The zero-order valence-corrected chi connectivity index (χ0v) is 18.9. The van der Waals surface area contributed by atoms with E-state index >= 15 is 0 Å². The van der Waals surface area contributed by atoms with Crippen LogP contribution < -0.4 is 14.2 Å². The van der Waals surface area contributed by atoms with Crippen LogP contribution in [0.5, 0.6) is 17.2 Å². The number of rotatable bonds is 5. The summed E-state index contributed by atoms with van der Waals surface area (Å²) in [5, 5.41) is 21.6. The Hall–Kier alpha value is -2.28. The minimum absolute atomic E-state index is 0.334. The van der Waals surface area contributed by atoms with Crippen LogP contribution in [0.3, 0.4) is 0 Å². The molecule has 2 heterocycles. The molecule has 6 nitrogen and oxygen atoms in total. The molecular formula is C25H33NO5. The maximum atomic E-state index is 10.8. The molecule has 1 fully saturated rings. The highest BCUT2D eigenvalue weighted by Gasteiger charge is 2.43. The van der Waals surface area contributed by atoms with Crippen LogP contribution >= 0.6 is 0 Å². The maximum Gasteiger partial charge on any atom is 0.161 e. The van der Waals surface area contributed by atoms with Crippen LogP contribution in [0.2, 0.25) is 0 Å². The number of benzene rings is 2. The quantitative estimate of drug-likeness (QED) is 0.758. The first-order valence-electron chi connectivity index (χ1n) is 10.9. The second-order valence-corrected chi connectivity index (χ2v) is 8.91. The third kappa shape index (κ3) is 4.38. The molecule has 2 aliphatic heterocycles. The Labute approximate surface area is 184 Å². The Balaban J connectivity index is 1.40. The summed E-state index contributed by atoms with van der Waals surface area (Å²) in [6, 6.07) is 9.63. The summed E-state index contributed by atoms with van der Waals surface area (Å²) in [6.45, 7) is 6.32. The van der Waals surface area contributed by atoms with Gasteiger partial charge in [-0.1, -0.05) is 6.07 Å². The zero-order chi connectivity index (χ0) is 22.2. The van der Waals surface area contributed by atoms with Crippen molar-refractivity contribution in [3.8, 4) is 17.2 Å². The second-order valence-electron chi connectivity index (χ2n) is 8.91. The van der Waals surface area contributed by atoms with Gasteiger partial charge in [0, 0.05) is 31.6 Å². The van der Waals surface area contributed by atoms with Gasteiger partial charge < -0.3 is 29.3 Å². The van der Waals surface area contributed by atoms with E-state index in [9.17, 15) is 10.2 Å². The average molecular weight is 428 g/mol. The van der Waals surface area contributed by atoms with Crippen molar-refractivity contribution >= 4 is 0 Å². The van der Waals surface area contributed by atoms with Gasteiger partial charge in [0.2, 0.25) is 0 Å². The molecule has 168 valence electrons. The van der Waals surface area contributed by atoms with Gasteiger partial charge in [-0.05, 0) is 67.6 Å². The van der Waals surface area contributed by atoms with Crippen LogP contribution in [0.4, 0.5) is 0 Å². The average Bonchev–Trinajstić information content (AvgIpc) is 2.76. The molecule has 4 rings (SSSR count). The van der Waals surface area contributed by atoms with Crippen molar-refractivity contribution in [2.24, 2.45) is 0 Å². The number of hydrogen-bond donors (Lipinski definition) is 2. The Morgan fingerprint density at radius 1 is 1.06 bits per heavy atom. The number of aryl methyl sites for hydroxylation is 2. The summed E-state index contributed by atoms with van der Waals surface area (Å²) in [5.41, 5.74) is 3.73. The van der Waals surface area contributed by atoms with Gasteiger partial charge in [-0.15, -0.1) is 0 Å². The smallest absolute Gasteiger partial charge is 0.161 e. The zero-order valence-electron chi connectivity index (χ0n) is 18.9. The van der Waals surface area contributed by atoms with Crippen LogP contribution in [0, 0.1) is 13.8 Å². The number of aliphatic hydroxyl groups excluding tert-OH is 2. The molecule has 6 heteroatoms. The normalized spacial score (nSPS) is 21.3. The highest BCUT2D eigenvalue weighted by atomic mass is 16.5. The van der Waals surface area contributed by atoms with Gasteiger partial charge in [-0.2, -0.15) is 0 Å². The molecule has 0 saturated carbocycles. The standard InChI is InChI=1S/C25H33NO5/c1-16-11-19-20(27)14-25(31-23(19)12-17(16)2)7-9-26(10-8-25)15-21(28)18-5-6-22(29-3)24(13-18)30-4/h5-6,11-13,20-21,27-28H,7-10,14-15H2,1-4H3/t20-,21+/m1/s1. The van der Waals surface area contributed by atoms with E-state index < -0.39 is 12.2 Å². The minimum atomic E-state index is -0.613. The number of ether oxygens (including phenoxy) is 3. The Morgan fingerprint density at radius 2 is 1.74 bits per heavy atom. The van der Waals surface area contributed by atoms with Crippen molar-refractivity contribution in [2.45, 2.75) is 50.9 Å². The van der Waals surface area contributed by atoms with Gasteiger partial charge in [0.05, 0.1) is 26.4 Å². The molecule has 0 radical (unpaired) electrons. The molecule has 2 aromatic carbocycles. The summed E-state index contributed by atoms with van der Waals surface area (Å²) in [4.78, 5) is 2.26. The lowest BCUT2D eigenvalue weighted by molar-refractivity contribution is -0.0588. The molecule has 31 heavy (non-hydrogen) atoms. The molecule has 2 aliphatic rings. The Morgan fingerprint density at radius 3 is 2.42 bits per heavy atom. The Kier molecular flexibility index (Phi) is 6.15. The lowest BCUT2D eigenvalue weighted by Gasteiger charge is -2.46. The number of aliphatic hydroxyl groups is 2. The molecule has 0 aliphatic carbocycles. The number of methoxy groups -OCH3 is 2. The van der Waals surface area contributed by atoms with Crippen LogP contribution in [-0.2, 0) is 0 Å². The molecule has 2 aromatic rings. The number of fused-ring (bicyclic) bond motifs is 1. The highest BCUT2D eigenvalue weighted by Crippen LogP contribution is 2.45. The molecule has 0 bridgehead atoms. The SMILES string of the molecule is COc1ccc([C@@H](O)CN2CCC3(CC2)C[C@@H](O)c2cc(C)c(C)cc2O3)cc1OC. The molecular weight excluding hydrogens is 394 g/mol. The van der Waals surface area contributed by atoms with Crippen LogP contribution in [0.15, 0.2) is 30.3 Å². The van der Waals surface area contributed by atoms with Gasteiger partial charge in [0.1, 0.15) is 11.4 Å². The van der Waals surface area contributed by atoms with E-state index in [0.717, 1.165) is 42.8 Å². The van der Waals surface area contributed by atoms with Crippen molar-refractivity contribution in [3.63, 3.8) is 0 Å². The predicted molar refractivity (Wildman–Crippen MR) is 119 cm³/mol. The van der Waals surface area contributed by atoms with Gasteiger partial charge in [-0.25, -0.2) is 0 Å². The van der Waals surface area contributed by atoms with E-state index in [4.69, 9.17) is 14.2 Å². The molecule has 1 saturated heterocycles. The summed E-state index contributed by atoms with van der Waals surface area (Å²) >= 11 is 0. The first kappa shape index (κ1) is 21.9. The van der Waals surface area contributed by atoms with Crippen molar-refractivity contribution in [1.29, 1.82) is 0 Å². The molecule has 0 unspecified atom stereocenters. The second kappa shape index (κ2) is 8.69. The molecule has 1 spiro atoms. The lowest BCUT2D eigenvalue weighted by Crippen LogP contribution is -2.51. The summed E-state index contributed by atoms with van der Waals surface area (Å²) in [7, 11) is 3.19. The monoisotopic (exact) mass is 427 g/mol. The summed E-state index contributed by atoms with van der Waals surface area (Å²) < 4.78 is 17.1. The van der Waals surface area contributed by atoms with Crippen molar-refractivity contribution in [2.75, 3.05) is 33.9 Å². The predicted octanol–water partition coefficient (Wildman–Crippen LogP) is 3.70. The third-order valence-corrected chi connectivity index (χ3v) is 6.87. The maximum absolute atomic E-state index is 10.8. The number of hydrogen-bond acceptors (Lipinski definition) is 6. The van der Waals surface area contributed by atoms with E-state index in [1.54, 1.807) is 14.2 Å². The number of likely N-dealkylation sites (tertiary alicyclic amines) is 1. The first-order valence-corrected chi connectivity index (χ1v) is 10.9. The number of β-amino-alcohol motifs (C(OH)–C–C–N with tert-alkyl or cyclic N) is 1. The topological polar surface area (TPSA) is 71.4 Å².